The summed E-state index contributed by atoms with van der Waals surface area (Å²) in [5.74, 6) is -0.164. The number of halogens is 1. The molecule has 2 aromatic carbocycles. The smallest absolute Gasteiger partial charge is 0.269 e. The highest BCUT2D eigenvalue weighted by Crippen LogP contribution is 2.23. The van der Waals surface area contributed by atoms with Gasteiger partial charge in [0.1, 0.15) is 0 Å². The van der Waals surface area contributed by atoms with E-state index in [1.54, 1.807) is 11.9 Å². The fourth-order valence-corrected chi connectivity index (χ4v) is 2.40. The number of likely N-dealkylation sites (N-methyl/N-ethyl adjacent to an activating group) is 1. The molecule has 0 unspecified atom stereocenters. The van der Waals surface area contributed by atoms with Crippen LogP contribution in [0.5, 0.6) is 0 Å². The van der Waals surface area contributed by atoms with Crippen LogP contribution >= 0.6 is 11.6 Å². The van der Waals surface area contributed by atoms with Crippen molar-refractivity contribution in [1.29, 1.82) is 0 Å². The number of carbonyl (C=O) groups excluding carboxylic acids is 1. The number of carbonyl (C=O) groups is 1. The van der Waals surface area contributed by atoms with Gasteiger partial charge in [0.25, 0.3) is 5.69 Å². The van der Waals surface area contributed by atoms with Crippen molar-refractivity contribution >= 4 is 28.9 Å². The largest absolute Gasteiger partial charge is 0.325 e. The molecule has 7 heteroatoms. The molecule has 24 heavy (non-hydrogen) atoms. The number of nitro benzene ring substituents is 1. The van der Waals surface area contributed by atoms with E-state index in [0.717, 1.165) is 11.3 Å². The molecule has 0 bridgehead atoms. The van der Waals surface area contributed by atoms with Crippen LogP contribution in [0.2, 0.25) is 5.02 Å². The average Bonchev–Trinajstić information content (AvgIpc) is 2.51. The molecule has 126 valence electrons. The summed E-state index contributed by atoms with van der Waals surface area (Å²) < 4.78 is 0. The number of nitro groups is 1. The number of non-ortho nitro benzene ring substituents is 1. The van der Waals surface area contributed by atoms with Gasteiger partial charge in [0.05, 0.1) is 11.5 Å². The van der Waals surface area contributed by atoms with Crippen molar-refractivity contribution in [1.82, 2.24) is 4.90 Å². The molecule has 0 saturated heterocycles. The van der Waals surface area contributed by atoms with Crippen molar-refractivity contribution in [3.8, 4) is 0 Å². The summed E-state index contributed by atoms with van der Waals surface area (Å²) >= 11 is 6.08. The first kappa shape index (κ1) is 17.9. The molecule has 6 nitrogen and oxygen atoms in total. The van der Waals surface area contributed by atoms with E-state index in [-0.39, 0.29) is 18.1 Å². The molecule has 0 heterocycles. The lowest BCUT2D eigenvalue weighted by molar-refractivity contribution is -0.384. The third-order valence-corrected chi connectivity index (χ3v) is 3.80. The van der Waals surface area contributed by atoms with E-state index in [1.165, 1.54) is 18.2 Å². The second-order valence-electron chi connectivity index (χ2n) is 5.62. The Morgan fingerprint density at radius 3 is 2.54 bits per heavy atom. The van der Waals surface area contributed by atoms with Crippen molar-refractivity contribution in [2.75, 3.05) is 18.9 Å². The number of rotatable bonds is 6. The van der Waals surface area contributed by atoms with Gasteiger partial charge < -0.3 is 5.32 Å². The topological polar surface area (TPSA) is 75.5 Å². The Labute approximate surface area is 145 Å². The number of hydrogen-bond acceptors (Lipinski definition) is 4. The van der Waals surface area contributed by atoms with Crippen molar-refractivity contribution in [2.45, 2.75) is 13.5 Å². The van der Waals surface area contributed by atoms with Gasteiger partial charge in [-0.1, -0.05) is 29.3 Å². The molecule has 0 spiro atoms. The average molecular weight is 348 g/mol. The maximum atomic E-state index is 12.1. The first-order valence-electron chi connectivity index (χ1n) is 7.33. The van der Waals surface area contributed by atoms with Crippen LogP contribution in [0.25, 0.3) is 0 Å². The Balaban J connectivity index is 1.96. The van der Waals surface area contributed by atoms with Crippen LogP contribution in [0.4, 0.5) is 11.4 Å². The minimum Gasteiger partial charge on any atom is -0.325 e. The fourth-order valence-electron chi connectivity index (χ4n) is 2.23. The summed E-state index contributed by atoms with van der Waals surface area (Å²) in [5, 5.41) is 14.1. The van der Waals surface area contributed by atoms with E-state index in [4.69, 9.17) is 11.6 Å². The molecule has 2 rings (SSSR count). The lowest BCUT2D eigenvalue weighted by atomic mass is 10.2. The van der Waals surface area contributed by atoms with Gasteiger partial charge in [0, 0.05) is 29.4 Å². The van der Waals surface area contributed by atoms with Gasteiger partial charge in [0.15, 0.2) is 0 Å². The summed E-state index contributed by atoms with van der Waals surface area (Å²) in [6.45, 7) is 2.46. The van der Waals surface area contributed by atoms with Gasteiger partial charge in [-0.2, -0.15) is 0 Å². The standard InChI is InChI=1S/C17H18ClN3O3/c1-12-3-5-14(6-4-12)19-17(22)11-20(2)10-13-9-15(21(23)24)7-8-16(13)18/h3-9H,10-11H2,1-2H3,(H,19,22). The van der Waals surface area contributed by atoms with Crippen LogP contribution in [0, 0.1) is 17.0 Å². The predicted molar refractivity (Wildman–Crippen MR) is 94.2 cm³/mol. The molecule has 0 fully saturated rings. The Morgan fingerprint density at radius 2 is 1.92 bits per heavy atom. The zero-order valence-corrected chi connectivity index (χ0v) is 14.2. The van der Waals surface area contributed by atoms with Gasteiger partial charge in [-0.05, 0) is 37.7 Å². The van der Waals surface area contributed by atoms with Crippen LogP contribution in [-0.4, -0.2) is 29.3 Å². The SMILES string of the molecule is Cc1ccc(NC(=O)CN(C)Cc2cc([N+](=O)[O-])ccc2Cl)cc1. The highest BCUT2D eigenvalue weighted by molar-refractivity contribution is 6.31. The molecular weight excluding hydrogens is 330 g/mol. The number of nitrogens with one attached hydrogen (secondary N) is 1. The number of nitrogens with zero attached hydrogens (tertiary/aromatic N) is 2. The van der Waals surface area contributed by atoms with Crippen molar-refractivity contribution in [3.05, 3.63) is 68.7 Å². The Morgan fingerprint density at radius 1 is 1.25 bits per heavy atom. The zero-order valence-electron chi connectivity index (χ0n) is 13.5. The number of benzene rings is 2. The predicted octanol–water partition coefficient (Wildman–Crippen LogP) is 3.63. The Bertz CT molecular complexity index is 747. The summed E-state index contributed by atoms with van der Waals surface area (Å²) in [5.41, 5.74) is 2.43. The molecular formula is C17H18ClN3O3. The molecule has 0 saturated carbocycles. The normalized spacial score (nSPS) is 10.7. The molecule has 0 aromatic heterocycles. The van der Waals surface area contributed by atoms with Crippen LogP contribution in [0.3, 0.4) is 0 Å². The van der Waals surface area contributed by atoms with Crippen LogP contribution < -0.4 is 5.32 Å². The Kier molecular flexibility index (Phi) is 5.89. The van der Waals surface area contributed by atoms with E-state index < -0.39 is 4.92 Å². The first-order valence-corrected chi connectivity index (χ1v) is 7.71. The van der Waals surface area contributed by atoms with Gasteiger partial charge in [0.2, 0.25) is 5.91 Å². The summed E-state index contributed by atoms with van der Waals surface area (Å²) in [4.78, 5) is 24.2. The van der Waals surface area contributed by atoms with Crippen molar-refractivity contribution < 1.29 is 9.72 Å². The third-order valence-electron chi connectivity index (χ3n) is 3.43. The quantitative estimate of drug-likeness (QED) is 0.639. The van der Waals surface area contributed by atoms with Crippen LogP contribution in [0.1, 0.15) is 11.1 Å². The molecule has 0 radical (unpaired) electrons. The molecule has 0 aliphatic heterocycles. The lowest BCUT2D eigenvalue weighted by Gasteiger charge is -2.17. The lowest BCUT2D eigenvalue weighted by Crippen LogP contribution is -2.29. The second-order valence-corrected chi connectivity index (χ2v) is 6.03. The minimum absolute atomic E-state index is 0.0214. The molecule has 0 aliphatic rings. The van der Waals surface area contributed by atoms with Gasteiger partial charge in [-0.3, -0.25) is 19.8 Å². The number of amides is 1. The molecule has 2 aromatic rings. The highest BCUT2D eigenvalue weighted by Gasteiger charge is 2.13. The minimum atomic E-state index is -0.468. The van der Waals surface area contributed by atoms with Crippen LogP contribution in [-0.2, 0) is 11.3 Å². The summed E-state index contributed by atoms with van der Waals surface area (Å²) in [6, 6.07) is 11.8. The third kappa shape index (κ3) is 5.04. The molecule has 0 aliphatic carbocycles. The van der Waals surface area contributed by atoms with Gasteiger partial charge >= 0.3 is 0 Å². The maximum Gasteiger partial charge on any atom is 0.269 e. The van der Waals surface area contributed by atoms with E-state index in [0.29, 0.717) is 17.1 Å². The fraction of sp³-hybridized carbons (Fsp3) is 0.235. The molecule has 1 amide bonds. The molecule has 1 N–H and O–H groups in total. The van der Waals surface area contributed by atoms with Gasteiger partial charge in [-0.15, -0.1) is 0 Å². The maximum absolute atomic E-state index is 12.1. The number of aryl methyl sites for hydroxylation is 1. The van der Waals surface area contributed by atoms with Crippen molar-refractivity contribution in [2.24, 2.45) is 0 Å². The van der Waals surface area contributed by atoms with Crippen molar-refractivity contribution in [3.63, 3.8) is 0 Å². The number of anilines is 1. The van der Waals surface area contributed by atoms with E-state index >= 15 is 0 Å². The second kappa shape index (κ2) is 7.90. The van der Waals surface area contributed by atoms with Crippen LogP contribution in [0.15, 0.2) is 42.5 Å². The highest BCUT2D eigenvalue weighted by atomic mass is 35.5. The van der Waals surface area contributed by atoms with E-state index in [2.05, 4.69) is 5.32 Å². The van der Waals surface area contributed by atoms with E-state index in [1.807, 2.05) is 31.2 Å². The summed E-state index contributed by atoms with van der Waals surface area (Å²) in [6.07, 6.45) is 0. The molecule has 0 atom stereocenters. The Hall–Kier alpha value is -2.44. The monoisotopic (exact) mass is 347 g/mol. The first-order chi connectivity index (χ1) is 11.3. The zero-order chi connectivity index (χ0) is 17.7. The van der Waals surface area contributed by atoms with Gasteiger partial charge in [-0.25, -0.2) is 0 Å². The van der Waals surface area contributed by atoms with E-state index in [9.17, 15) is 14.9 Å². The summed E-state index contributed by atoms with van der Waals surface area (Å²) in [7, 11) is 1.75. The number of hydrogen-bond donors (Lipinski definition) is 1.